The number of amides is 1. The summed E-state index contributed by atoms with van der Waals surface area (Å²) < 4.78 is 15.2. The van der Waals surface area contributed by atoms with Gasteiger partial charge in [-0.25, -0.2) is 9.07 Å². The summed E-state index contributed by atoms with van der Waals surface area (Å²) in [5.74, 6) is 0.323. The molecule has 2 N–H and O–H groups in total. The first kappa shape index (κ1) is 19.1. The van der Waals surface area contributed by atoms with E-state index >= 15 is 0 Å². The molecule has 6 nitrogen and oxygen atoms in total. The fourth-order valence-electron chi connectivity index (χ4n) is 4.32. The van der Waals surface area contributed by atoms with Gasteiger partial charge in [0.2, 0.25) is 11.1 Å². The van der Waals surface area contributed by atoms with Crippen LogP contribution in [0.25, 0.3) is 11.4 Å². The molecular weight excluding hydrogens is 401 g/mol. The van der Waals surface area contributed by atoms with Crippen molar-refractivity contribution in [1.82, 2.24) is 14.9 Å². The van der Waals surface area contributed by atoms with Gasteiger partial charge in [-0.15, -0.1) is 10.2 Å². The van der Waals surface area contributed by atoms with Crippen molar-refractivity contribution in [3.8, 4) is 11.4 Å². The van der Waals surface area contributed by atoms with Gasteiger partial charge in [-0.3, -0.25) is 4.79 Å². The van der Waals surface area contributed by atoms with Gasteiger partial charge in [0.05, 0.1) is 5.54 Å². The first-order chi connectivity index (χ1) is 14.6. The SMILES string of the molecule is O=C(Nc1ccc(F)cc1)[C@@H]1Sc2nnc(-c3ccccc3)n2NC12CCCCC2. The lowest BCUT2D eigenvalue weighted by atomic mass is 9.79. The predicted octanol–water partition coefficient (Wildman–Crippen LogP) is 4.44. The van der Waals surface area contributed by atoms with Gasteiger partial charge >= 0.3 is 0 Å². The van der Waals surface area contributed by atoms with E-state index in [1.165, 1.54) is 30.3 Å². The summed E-state index contributed by atoms with van der Waals surface area (Å²) in [5.41, 5.74) is 4.82. The molecule has 2 aromatic carbocycles. The van der Waals surface area contributed by atoms with Crippen LogP contribution in [0.15, 0.2) is 59.8 Å². The Morgan fingerprint density at radius 1 is 1.07 bits per heavy atom. The van der Waals surface area contributed by atoms with Gasteiger partial charge in [-0.05, 0) is 37.1 Å². The Hall–Kier alpha value is -2.87. The van der Waals surface area contributed by atoms with Gasteiger partial charge < -0.3 is 10.7 Å². The van der Waals surface area contributed by atoms with E-state index in [1.54, 1.807) is 12.1 Å². The maximum Gasteiger partial charge on any atom is 0.240 e. The number of aromatic nitrogens is 3. The summed E-state index contributed by atoms with van der Waals surface area (Å²) in [7, 11) is 0. The minimum atomic E-state index is -0.383. The van der Waals surface area contributed by atoms with Crippen LogP contribution in [0.5, 0.6) is 0 Å². The Labute approximate surface area is 178 Å². The van der Waals surface area contributed by atoms with Crippen molar-refractivity contribution in [2.24, 2.45) is 0 Å². The molecule has 1 aromatic heterocycles. The highest BCUT2D eigenvalue weighted by atomic mass is 32.2. The maximum absolute atomic E-state index is 13.3. The third-order valence-corrected chi connectivity index (χ3v) is 7.20. The Morgan fingerprint density at radius 2 is 1.80 bits per heavy atom. The van der Waals surface area contributed by atoms with Crippen LogP contribution in [0.2, 0.25) is 0 Å². The fraction of sp³-hybridized carbons (Fsp3) is 0.318. The highest BCUT2D eigenvalue weighted by Crippen LogP contribution is 2.44. The number of thioether (sulfide) groups is 1. The van der Waals surface area contributed by atoms with Crippen molar-refractivity contribution in [3.05, 3.63) is 60.4 Å². The zero-order valence-electron chi connectivity index (χ0n) is 16.3. The quantitative estimate of drug-likeness (QED) is 0.652. The van der Waals surface area contributed by atoms with E-state index < -0.39 is 0 Å². The molecule has 5 rings (SSSR count). The van der Waals surface area contributed by atoms with E-state index in [9.17, 15) is 9.18 Å². The molecule has 1 aliphatic carbocycles. The molecule has 8 heteroatoms. The second-order valence-corrected chi connectivity index (χ2v) is 8.90. The maximum atomic E-state index is 13.3. The predicted molar refractivity (Wildman–Crippen MR) is 115 cm³/mol. The van der Waals surface area contributed by atoms with E-state index in [4.69, 9.17) is 0 Å². The van der Waals surface area contributed by atoms with Gasteiger partial charge in [0.15, 0.2) is 5.82 Å². The molecule has 154 valence electrons. The summed E-state index contributed by atoms with van der Waals surface area (Å²) >= 11 is 1.45. The first-order valence-corrected chi connectivity index (χ1v) is 11.0. The molecule has 2 aliphatic rings. The zero-order valence-corrected chi connectivity index (χ0v) is 17.2. The number of benzene rings is 2. The van der Waals surface area contributed by atoms with Crippen LogP contribution < -0.4 is 10.7 Å². The van der Waals surface area contributed by atoms with Crippen LogP contribution in [-0.2, 0) is 4.79 Å². The van der Waals surface area contributed by atoms with Crippen molar-refractivity contribution in [2.75, 3.05) is 10.7 Å². The molecular formula is C22H22FN5OS. The lowest BCUT2D eigenvalue weighted by Crippen LogP contribution is -2.59. The highest BCUT2D eigenvalue weighted by molar-refractivity contribution is 8.00. The van der Waals surface area contributed by atoms with E-state index in [0.717, 1.165) is 37.1 Å². The molecule has 1 spiro atoms. The van der Waals surface area contributed by atoms with Crippen LogP contribution >= 0.6 is 11.8 Å². The van der Waals surface area contributed by atoms with E-state index in [0.29, 0.717) is 10.8 Å². The molecule has 1 atom stereocenters. The Bertz CT molecular complexity index is 1050. The van der Waals surface area contributed by atoms with E-state index in [2.05, 4.69) is 20.9 Å². The number of rotatable bonds is 3. The number of nitrogens with zero attached hydrogens (tertiary/aromatic N) is 3. The summed E-state index contributed by atoms with van der Waals surface area (Å²) in [6.07, 6.45) is 5.08. The summed E-state index contributed by atoms with van der Waals surface area (Å²) in [4.78, 5) is 13.3. The first-order valence-electron chi connectivity index (χ1n) is 10.2. The average molecular weight is 424 g/mol. The smallest absolute Gasteiger partial charge is 0.240 e. The van der Waals surface area contributed by atoms with Crippen LogP contribution in [0.4, 0.5) is 10.1 Å². The summed E-state index contributed by atoms with van der Waals surface area (Å²) in [5, 5.41) is 12.0. The molecule has 1 aliphatic heterocycles. The molecule has 0 bridgehead atoms. The van der Waals surface area contributed by atoms with Crippen LogP contribution in [0.1, 0.15) is 32.1 Å². The lowest BCUT2D eigenvalue weighted by molar-refractivity contribution is -0.117. The number of nitrogens with one attached hydrogen (secondary N) is 2. The van der Waals surface area contributed by atoms with Gasteiger partial charge in [0.1, 0.15) is 11.1 Å². The lowest BCUT2D eigenvalue weighted by Gasteiger charge is -2.46. The largest absolute Gasteiger partial charge is 0.325 e. The molecule has 0 saturated heterocycles. The van der Waals surface area contributed by atoms with Gasteiger partial charge in [-0.1, -0.05) is 61.4 Å². The minimum absolute atomic E-state index is 0.100. The number of anilines is 1. The van der Waals surface area contributed by atoms with E-state index in [1.807, 2.05) is 35.0 Å². The second kappa shape index (κ2) is 7.75. The highest BCUT2D eigenvalue weighted by Gasteiger charge is 2.49. The van der Waals surface area contributed by atoms with Gasteiger partial charge in [0, 0.05) is 11.3 Å². The third kappa shape index (κ3) is 3.45. The van der Waals surface area contributed by atoms with Crippen LogP contribution in [0.3, 0.4) is 0 Å². The van der Waals surface area contributed by atoms with Crippen molar-refractivity contribution < 1.29 is 9.18 Å². The summed E-state index contributed by atoms with van der Waals surface area (Å²) in [6, 6.07) is 15.8. The normalized spacial score (nSPS) is 19.7. The standard InChI is InChI=1S/C22H22FN5OS/c23-16-9-11-17(12-10-16)24-20(29)18-22(13-5-2-6-14-22)27-28-19(25-26-21(28)30-18)15-7-3-1-4-8-15/h1,3-4,7-12,18,27H,2,5-6,13-14H2,(H,24,29)/t18-/m0/s1. The Kier molecular flexibility index (Phi) is 4.94. The molecule has 1 fully saturated rings. The van der Waals surface area contributed by atoms with Crippen molar-refractivity contribution >= 4 is 23.4 Å². The third-order valence-electron chi connectivity index (χ3n) is 5.82. The summed E-state index contributed by atoms with van der Waals surface area (Å²) in [6.45, 7) is 0. The molecule has 3 aromatic rings. The number of hydrogen-bond acceptors (Lipinski definition) is 5. The van der Waals surface area contributed by atoms with Crippen molar-refractivity contribution in [2.45, 2.75) is 48.0 Å². The Balaban J connectivity index is 1.48. The van der Waals surface area contributed by atoms with Crippen LogP contribution in [0, 0.1) is 5.82 Å². The second-order valence-electron chi connectivity index (χ2n) is 7.83. The Morgan fingerprint density at radius 3 is 2.53 bits per heavy atom. The van der Waals surface area contributed by atoms with Crippen LogP contribution in [-0.4, -0.2) is 31.6 Å². The van der Waals surface area contributed by atoms with Gasteiger partial charge in [0.25, 0.3) is 0 Å². The molecule has 0 radical (unpaired) electrons. The van der Waals surface area contributed by atoms with Crippen molar-refractivity contribution in [1.29, 1.82) is 0 Å². The zero-order chi connectivity index (χ0) is 20.6. The molecule has 30 heavy (non-hydrogen) atoms. The number of carbonyl (C=O) groups excluding carboxylic acids is 1. The monoisotopic (exact) mass is 423 g/mol. The minimum Gasteiger partial charge on any atom is -0.325 e. The van der Waals surface area contributed by atoms with Crippen molar-refractivity contribution in [3.63, 3.8) is 0 Å². The molecule has 1 amide bonds. The number of carbonyl (C=O) groups is 1. The number of fused-ring (bicyclic) bond motifs is 1. The number of hydrogen-bond donors (Lipinski definition) is 2. The molecule has 0 unspecified atom stereocenters. The molecule has 1 saturated carbocycles. The van der Waals surface area contributed by atoms with E-state index in [-0.39, 0.29) is 22.5 Å². The number of halogens is 1. The van der Waals surface area contributed by atoms with Gasteiger partial charge in [-0.2, -0.15) is 0 Å². The topological polar surface area (TPSA) is 71.8 Å². The average Bonchev–Trinajstić information content (AvgIpc) is 3.18. The fourth-order valence-corrected chi connectivity index (χ4v) is 5.54. The molecule has 2 heterocycles.